The van der Waals surface area contributed by atoms with Gasteiger partial charge in [-0.2, -0.15) is 9.97 Å². The van der Waals surface area contributed by atoms with Gasteiger partial charge in [0.2, 0.25) is 18.2 Å². The Morgan fingerprint density at radius 3 is 2.85 bits per heavy atom. The first-order chi connectivity index (χ1) is 12.3. The van der Waals surface area contributed by atoms with E-state index in [4.69, 9.17) is 14.6 Å². The van der Waals surface area contributed by atoms with Crippen LogP contribution in [0.4, 0.5) is 14.7 Å². The van der Waals surface area contributed by atoms with Gasteiger partial charge in [-0.25, -0.2) is 13.8 Å². The summed E-state index contributed by atoms with van der Waals surface area (Å²) in [6.45, 7) is 1.68. The predicted molar refractivity (Wildman–Crippen MR) is 82.7 cm³/mol. The molecule has 0 aliphatic carbocycles. The largest absolute Gasteiger partial charge is 0.476 e. The van der Waals surface area contributed by atoms with Crippen LogP contribution in [0.25, 0.3) is 11.2 Å². The second-order valence-electron chi connectivity index (χ2n) is 5.87. The van der Waals surface area contributed by atoms with E-state index in [2.05, 4.69) is 20.3 Å². The standard InChI is InChI=1S/C14H17F2N5O5/c1-3-25-9-7-8(19-12(20-9)18-6-23)21(5-17-7)11-13(2,24)10(15)14(16,4-22)26-11/h5-6,10-11,22,24H,3-4H2,1-2H3,(H,18,19,20,23)/t10-,11?,13+,14+/m0/s1. The maximum atomic E-state index is 14.4. The minimum Gasteiger partial charge on any atom is -0.476 e. The number of aliphatic hydroxyl groups is 2. The fourth-order valence-corrected chi connectivity index (χ4v) is 2.80. The smallest absolute Gasteiger partial charge is 0.268 e. The van der Waals surface area contributed by atoms with E-state index >= 15 is 0 Å². The van der Waals surface area contributed by atoms with Crippen molar-refractivity contribution in [1.82, 2.24) is 19.5 Å². The predicted octanol–water partition coefficient (Wildman–Crippen LogP) is 0.0693. The molecule has 2 aromatic rings. The molecule has 0 bridgehead atoms. The zero-order chi connectivity index (χ0) is 19.1. The third kappa shape index (κ3) is 2.66. The SMILES string of the molecule is CCOc1nc(NC=O)nc2c1ncn2C1O[C@](F)(CO)[C@@H](F)[C@@]1(C)O. The van der Waals surface area contributed by atoms with E-state index in [-0.39, 0.29) is 29.6 Å². The molecule has 10 nitrogen and oxygen atoms in total. The number of fused-ring (bicyclic) bond motifs is 1. The molecule has 2 aromatic heterocycles. The molecule has 26 heavy (non-hydrogen) atoms. The van der Waals surface area contributed by atoms with Crippen LogP contribution in [0.2, 0.25) is 0 Å². The average molecular weight is 373 g/mol. The number of aliphatic hydroxyl groups excluding tert-OH is 1. The molecule has 0 spiro atoms. The molecule has 142 valence electrons. The van der Waals surface area contributed by atoms with E-state index in [0.717, 1.165) is 17.8 Å². The summed E-state index contributed by atoms with van der Waals surface area (Å²) in [4.78, 5) is 22.7. The Hall–Kier alpha value is -2.44. The van der Waals surface area contributed by atoms with E-state index in [9.17, 15) is 18.7 Å². The number of hydrogen-bond donors (Lipinski definition) is 3. The monoisotopic (exact) mass is 373 g/mol. The Bertz CT molecular complexity index is 831. The quantitative estimate of drug-likeness (QED) is 0.606. The van der Waals surface area contributed by atoms with Crippen LogP contribution in [-0.4, -0.2) is 67.0 Å². The van der Waals surface area contributed by atoms with Gasteiger partial charge < -0.3 is 19.7 Å². The van der Waals surface area contributed by atoms with Crippen LogP contribution in [0.15, 0.2) is 6.33 Å². The Kier molecular flexibility index (Phi) is 4.50. The van der Waals surface area contributed by atoms with E-state index < -0.39 is 30.5 Å². The molecule has 3 rings (SSSR count). The first-order valence-electron chi connectivity index (χ1n) is 7.70. The number of alkyl halides is 2. The Balaban J connectivity index is 2.15. The molecule has 1 fully saturated rings. The van der Waals surface area contributed by atoms with Crippen LogP contribution in [0.1, 0.15) is 20.1 Å². The molecule has 1 amide bonds. The number of halogens is 2. The zero-order valence-corrected chi connectivity index (χ0v) is 13.9. The summed E-state index contributed by atoms with van der Waals surface area (Å²) in [7, 11) is 0. The fourth-order valence-electron chi connectivity index (χ4n) is 2.80. The molecule has 0 radical (unpaired) electrons. The molecule has 1 saturated heterocycles. The molecule has 1 unspecified atom stereocenters. The van der Waals surface area contributed by atoms with Crippen LogP contribution in [-0.2, 0) is 9.53 Å². The number of hydrogen-bond acceptors (Lipinski definition) is 8. The third-order valence-corrected chi connectivity index (χ3v) is 4.03. The van der Waals surface area contributed by atoms with Crippen LogP contribution in [0.3, 0.4) is 0 Å². The molecule has 0 aromatic carbocycles. The van der Waals surface area contributed by atoms with Crippen molar-refractivity contribution in [3.8, 4) is 5.88 Å². The Labute approximate surface area is 145 Å². The first-order valence-corrected chi connectivity index (χ1v) is 7.70. The van der Waals surface area contributed by atoms with Gasteiger partial charge in [-0.1, -0.05) is 0 Å². The lowest BCUT2D eigenvalue weighted by atomic mass is 9.97. The Morgan fingerprint density at radius 2 is 2.27 bits per heavy atom. The van der Waals surface area contributed by atoms with Gasteiger partial charge in [0.15, 0.2) is 23.6 Å². The van der Waals surface area contributed by atoms with Crippen molar-refractivity contribution in [1.29, 1.82) is 0 Å². The van der Waals surface area contributed by atoms with Crippen molar-refractivity contribution >= 4 is 23.5 Å². The van der Waals surface area contributed by atoms with Gasteiger partial charge in [-0.05, 0) is 13.8 Å². The highest BCUT2D eigenvalue weighted by Crippen LogP contribution is 2.47. The van der Waals surface area contributed by atoms with Gasteiger partial charge in [-0.15, -0.1) is 0 Å². The third-order valence-electron chi connectivity index (χ3n) is 4.03. The second-order valence-corrected chi connectivity index (χ2v) is 5.87. The minimum atomic E-state index is -3.09. The number of amides is 1. The summed E-state index contributed by atoms with van der Waals surface area (Å²) in [5.74, 6) is -3.20. The second kappa shape index (κ2) is 6.37. The summed E-state index contributed by atoms with van der Waals surface area (Å²) in [6, 6.07) is 0. The normalized spacial score (nSPS) is 31.3. The van der Waals surface area contributed by atoms with Crippen molar-refractivity contribution in [3.63, 3.8) is 0 Å². The lowest BCUT2D eigenvalue weighted by Crippen LogP contribution is -2.45. The van der Waals surface area contributed by atoms with E-state index in [1.54, 1.807) is 6.92 Å². The number of aromatic nitrogens is 4. The topological polar surface area (TPSA) is 132 Å². The number of ether oxygens (including phenoxy) is 2. The van der Waals surface area contributed by atoms with E-state index in [0.29, 0.717) is 6.41 Å². The molecule has 1 aliphatic heterocycles. The number of carbonyl (C=O) groups is 1. The average Bonchev–Trinajstić information content (AvgIpc) is 3.09. The molecule has 1 aliphatic rings. The molecule has 3 N–H and O–H groups in total. The molecular formula is C14H17F2N5O5. The number of nitrogens with one attached hydrogen (secondary N) is 1. The molecule has 12 heteroatoms. The number of nitrogens with zero attached hydrogens (tertiary/aromatic N) is 4. The van der Waals surface area contributed by atoms with Gasteiger partial charge in [0.1, 0.15) is 12.2 Å². The summed E-state index contributed by atoms with van der Waals surface area (Å²) in [5.41, 5.74) is -2.19. The van der Waals surface area contributed by atoms with Crippen molar-refractivity contribution in [2.75, 3.05) is 18.5 Å². The van der Waals surface area contributed by atoms with Gasteiger partial charge >= 0.3 is 0 Å². The maximum Gasteiger partial charge on any atom is 0.268 e. The van der Waals surface area contributed by atoms with Crippen molar-refractivity contribution < 1.29 is 33.3 Å². The van der Waals surface area contributed by atoms with Crippen molar-refractivity contribution in [2.24, 2.45) is 0 Å². The van der Waals surface area contributed by atoms with Crippen molar-refractivity contribution in [2.45, 2.75) is 37.7 Å². The lowest BCUT2D eigenvalue weighted by molar-refractivity contribution is -0.196. The number of anilines is 1. The maximum absolute atomic E-state index is 14.4. The van der Waals surface area contributed by atoms with Crippen LogP contribution in [0.5, 0.6) is 5.88 Å². The van der Waals surface area contributed by atoms with Gasteiger partial charge in [-0.3, -0.25) is 14.7 Å². The van der Waals surface area contributed by atoms with Crippen molar-refractivity contribution in [3.05, 3.63) is 6.33 Å². The van der Waals surface area contributed by atoms with Crippen LogP contribution >= 0.6 is 0 Å². The highest BCUT2D eigenvalue weighted by Gasteiger charge is 2.64. The van der Waals surface area contributed by atoms with Gasteiger partial charge in [0, 0.05) is 0 Å². The molecule has 0 saturated carbocycles. The van der Waals surface area contributed by atoms with Gasteiger partial charge in [0.25, 0.3) is 5.85 Å². The molecule has 3 heterocycles. The number of rotatable bonds is 6. The highest BCUT2D eigenvalue weighted by atomic mass is 19.2. The van der Waals surface area contributed by atoms with E-state index in [1.807, 2.05) is 0 Å². The Morgan fingerprint density at radius 1 is 1.54 bits per heavy atom. The highest BCUT2D eigenvalue weighted by molar-refractivity contribution is 5.79. The zero-order valence-electron chi connectivity index (χ0n) is 13.9. The summed E-state index contributed by atoms with van der Waals surface area (Å²) < 4.78 is 40.1. The van der Waals surface area contributed by atoms with Crippen LogP contribution < -0.4 is 10.1 Å². The summed E-state index contributed by atoms with van der Waals surface area (Å²) in [5, 5.41) is 21.8. The number of carbonyl (C=O) groups excluding carboxylic acids is 1. The first kappa shape index (κ1) is 18.4. The molecule has 4 atom stereocenters. The minimum absolute atomic E-state index is 0.00691. The molecular weight excluding hydrogens is 356 g/mol. The van der Waals surface area contributed by atoms with Gasteiger partial charge in [0.05, 0.1) is 12.9 Å². The number of imidazole rings is 1. The fraction of sp³-hybridized carbons (Fsp3) is 0.571. The van der Waals surface area contributed by atoms with Crippen LogP contribution in [0, 0.1) is 0 Å². The summed E-state index contributed by atoms with van der Waals surface area (Å²) in [6.07, 6.45) is -2.63. The summed E-state index contributed by atoms with van der Waals surface area (Å²) >= 11 is 0. The lowest BCUT2D eigenvalue weighted by Gasteiger charge is -2.25. The van der Waals surface area contributed by atoms with E-state index in [1.165, 1.54) is 0 Å².